The number of thiazole rings is 1. The number of aliphatic hydroxyl groups is 1. The first-order valence-electron chi connectivity index (χ1n) is 10.4. The van der Waals surface area contributed by atoms with Gasteiger partial charge in [0.15, 0.2) is 0 Å². The van der Waals surface area contributed by atoms with Gasteiger partial charge in [0.25, 0.3) is 0 Å². The predicted molar refractivity (Wildman–Crippen MR) is 158 cm³/mol. The van der Waals surface area contributed by atoms with Gasteiger partial charge in [-0.05, 0) is 49.4 Å². The van der Waals surface area contributed by atoms with Crippen molar-refractivity contribution in [1.29, 1.82) is 0 Å². The molecule has 3 aromatic rings. The zero-order valence-electron chi connectivity index (χ0n) is 18.3. The van der Waals surface area contributed by atoms with Gasteiger partial charge in [-0.15, -0.1) is 34.0 Å². The maximum absolute atomic E-state index is 11.6. The normalized spacial score (nSPS) is 11.7. The Morgan fingerprint density at radius 3 is 2.65 bits per heavy atom. The Hall–Kier alpha value is -0.300. The highest BCUT2D eigenvalue weighted by atomic mass is 79.9. The molecule has 12 heteroatoms. The Morgan fingerprint density at radius 1 is 1.06 bits per heavy atom. The van der Waals surface area contributed by atoms with Gasteiger partial charge in [0.05, 0.1) is 20.8 Å². The second-order valence-electron chi connectivity index (χ2n) is 7.29. The molecule has 5 N–H and O–H groups in total. The maximum atomic E-state index is 11.6. The van der Waals surface area contributed by atoms with Crippen LogP contribution in [0.2, 0.25) is 10.0 Å². The van der Waals surface area contributed by atoms with Crippen LogP contribution in [0.25, 0.3) is 10.2 Å². The summed E-state index contributed by atoms with van der Waals surface area (Å²) >= 11 is 15.1. The molecule has 0 saturated heterocycles. The molecule has 190 valence electrons. The van der Waals surface area contributed by atoms with Crippen LogP contribution < -0.4 is 15.5 Å². The van der Waals surface area contributed by atoms with Crippen LogP contribution in [0.5, 0.6) is 5.75 Å². The van der Waals surface area contributed by atoms with E-state index in [1.165, 1.54) is 6.07 Å². The number of fused-ring (bicyclic) bond motifs is 1. The molecule has 0 bridgehead atoms. The number of aromatic hydroxyl groups is 1. The minimum absolute atomic E-state index is 0. The van der Waals surface area contributed by atoms with E-state index in [0.717, 1.165) is 60.9 Å². The lowest BCUT2D eigenvalue weighted by molar-refractivity contribution is 0.177. The summed E-state index contributed by atoms with van der Waals surface area (Å²) in [6.45, 7) is 2.99. The van der Waals surface area contributed by atoms with E-state index < -0.39 is 6.10 Å². The van der Waals surface area contributed by atoms with Crippen molar-refractivity contribution in [2.45, 2.75) is 18.9 Å². The highest BCUT2D eigenvalue weighted by molar-refractivity contribution is 8.93. The van der Waals surface area contributed by atoms with Gasteiger partial charge in [-0.25, -0.2) is 0 Å². The monoisotopic (exact) mass is 675 g/mol. The summed E-state index contributed by atoms with van der Waals surface area (Å²) in [6, 6.07) is 8.87. The van der Waals surface area contributed by atoms with Gasteiger partial charge in [0.2, 0.25) is 0 Å². The lowest BCUT2D eigenvalue weighted by atomic mass is 10.1. The van der Waals surface area contributed by atoms with Crippen LogP contribution in [0.15, 0.2) is 35.1 Å². The van der Waals surface area contributed by atoms with Gasteiger partial charge in [-0.3, -0.25) is 4.79 Å². The number of aliphatic hydroxyl groups excluding tert-OH is 1. The van der Waals surface area contributed by atoms with E-state index in [1.54, 1.807) is 12.1 Å². The largest absolute Gasteiger partial charge is 0.506 e. The Balaban J connectivity index is 0.00000289. The van der Waals surface area contributed by atoms with Crippen molar-refractivity contribution in [2.24, 2.45) is 0 Å². The predicted octanol–water partition coefficient (Wildman–Crippen LogP) is 5.34. The molecule has 0 aliphatic carbocycles. The molecular weight excluding hydrogens is 649 g/mol. The number of hydrogen-bond donors (Lipinski definition) is 5. The summed E-state index contributed by atoms with van der Waals surface area (Å²) in [4.78, 5) is 13.9. The Kier molecular flexibility index (Phi) is 15.3. The summed E-state index contributed by atoms with van der Waals surface area (Å²) in [5, 5.41) is 28.2. The van der Waals surface area contributed by atoms with Gasteiger partial charge < -0.3 is 25.8 Å². The number of halogens is 4. The number of H-pyrrole nitrogens is 1. The van der Waals surface area contributed by atoms with Crippen molar-refractivity contribution in [3.63, 3.8) is 0 Å². The van der Waals surface area contributed by atoms with E-state index in [4.69, 9.17) is 23.2 Å². The number of benzene rings is 2. The number of nitrogens with one attached hydrogen (secondary N) is 3. The molecule has 2 aromatic carbocycles. The first-order chi connectivity index (χ1) is 15.5. The van der Waals surface area contributed by atoms with Crippen LogP contribution in [0.4, 0.5) is 0 Å². The summed E-state index contributed by atoms with van der Waals surface area (Å²) in [5.74, 6) is 2.03. The average molecular weight is 678 g/mol. The molecule has 0 spiro atoms. The maximum Gasteiger partial charge on any atom is 0.305 e. The van der Waals surface area contributed by atoms with E-state index in [0.29, 0.717) is 32.4 Å². The van der Waals surface area contributed by atoms with Gasteiger partial charge in [-0.1, -0.05) is 52.7 Å². The molecule has 0 aliphatic rings. The highest BCUT2D eigenvalue weighted by Crippen LogP contribution is 2.31. The number of phenols is 1. The van der Waals surface area contributed by atoms with Crippen LogP contribution in [0.1, 0.15) is 23.7 Å². The average Bonchev–Trinajstić information content (AvgIpc) is 3.17. The third-order valence-electron chi connectivity index (χ3n) is 4.95. The molecule has 3 rings (SSSR count). The quantitative estimate of drug-likeness (QED) is 0.157. The van der Waals surface area contributed by atoms with Gasteiger partial charge in [-0.2, -0.15) is 11.8 Å². The van der Waals surface area contributed by atoms with E-state index in [-0.39, 0.29) is 44.6 Å². The first kappa shape index (κ1) is 31.7. The number of hydrogen-bond acceptors (Lipinski definition) is 7. The highest BCUT2D eigenvalue weighted by Gasteiger charge is 2.15. The number of aromatic amines is 1. The minimum Gasteiger partial charge on any atom is -0.506 e. The van der Waals surface area contributed by atoms with E-state index in [1.807, 2.05) is 23.9 Å². The van der Waals surface area contributed by atoms with Crippen molar-refractivity contribution >= 4 is 90.5 Å². The zero-order chi connectivity index (χ0) is 22.9. The van der Waals surface area contributed by atoms with Crippen LogP contribution in [0.3, 0.4) is 0 Å². The minimum atomic E-state index is -0.744. The molecule has 1 atom stereocenters. The summed E-state index contributed by atoms with van der Waals surface area (Å²) in [7, 11) is 0. The van der Waals surface area contributed by atoms with Crippen molar-refractivity contribution in [1.82, 2.24) is 15.6 Å². The van der Waals surface area contributed by atoms with Crippen molar-refractivity contribution in [2.75, 3.05) is 37.7 Å². The van der Waals surface area contributed by atoms with Gasteiger partial charge >= 0.3 is 4.87 Å². The summed E-state index contributed by atoms with van der Waals surface area (Å²) in [5.41, 5.74) is 2.09. The van der Waals surface area contributed by atoms with Crippen LogP contribution in [-0.4, -0.2) is 52.9 Å². The summed E-state index contributed by atoms with van der Waals surface area (Å²) in [6.07, 6.45) is 1.19. The van der Waals surface area contributed by atoms with Gasteiger partial charge in [0.1, 0.15) is 11.3 Å². The fraction of sp³-hybridized carbons (Fsp3) is 0.409. The number of aromatic nitrogens is 1. The van der Waals surface area contributed by atoms with Crippen LogP contribution in [-0.2, 0) is 6.42 Å². The Labute approximate surface area is 238 Å². The Morgan fingerprint density at radius 2 is 1.85 bits per heavy atom. The van der Waals surface area contributed by atoms with E-state index in [9.17, 15) is 15.0 Å². The van der Waals surface area contributed by atoms with E-state index in [2.05, 4.69) is 15.6 Å². The standard InChI is InChI=1S/C22H27Cl2N3O3S2.2BrH/c23-16-4-1-3-14(19(16)24)7-9-25-8-2-11-31-12-10-26-13-18(29)15-5-6-17(28)20-21(15)32-22(30)27-20;;/h1,3-6,18,25-26,28-29H,2,7-13H2,(H,27,30);2*1H/t18-;;/m0../s1. The number of phenolic OH excluding ortho intramolecular Hbond substituents is 1. The second-order valence-corrected chi connectivity index (χ2v) is 10.3. The Bertz CT molecular complexity index is 1090. The van der Waals surface area contributed by atoms with Crippen LogP contribution in [0, 0.1) is 0 Å². The molecule has 0 unspecified atom stereocenters. The fourth-order valence-electron chi connectivity index (χ4n) is 3.29. The van der Waals surface area contributed by atoms with E-state index >= 15 is 0 Å². The lowest BCUT2D eigenvalue weighted by Gasteiger charge is -2.13. The molecule has 6 nitrogen and oxygen atoms in total. The molecule has 0 aliphatic heterocycles. The lowest BCUT2D eigenvalue weighted by Crippen LogP contribution is -2.24. The second kappa shape index (κ2) is 16.4. The SMILES string of the molecule is Br.Br.O=c1[nH]c2c(O)ccc([C@@H](O)CNCCSCCCNCCc3cccc(Cl)c3Cl)c2s1. The fourth-order valence-corrected chi connectivity index (χ4v) is 5.46. The van der Waals surface area contributed by atoms with Crippen molar-refractivity contribution in [3.8, 4) is 5.75 Å². The number of rotatable bonds is 13. The van der Waals surface area contributed by atoms with Crippen molar-refractivity contribution < 1.29 is 10.2 Å². The molecule has 0 saturated carbocycles. The third-order valence-corrected chi connectivity index (χ3v) is 7.81. The summed E-state index contributed by atoms with van der Waals surface area (Å²) < 4.78 is 0.601. The van der Waals surface area contributed by atoms with Crippen LogP contribution >= 0.6 is 80.3 Å². The molecule has 0 amide bonds. The first-order valence-corrected chi connectivity index (χ1v) is 13.1. The molecule has 0 fully saturated rings. The molecule has 34 heavy (non-hydrogen) atoms. The smallest absolute Gasteiger partial charge is 0.305 e. The number of thioether (sulfide) groups is 1. The van der Waals surface area contributed by atoms with Crippen molar-refractivity contribution in [3.05, 3.63) is 61.2 Å². The zero-order valence-corrected chi connectivity index (χ0v) is 24.9. The topological polar surface area (TPSA) is 97.4 Å². The molecule has 1 aromatic heterocycles. The third kappa shape index (κ3) is 9.29. The molecule has 1 heterocycles. The molecule has 0 radical (unpaired) electrons. The van der Waals surface area contributed by atoms with Gasteiger partial charge in [0, 0.05) is 24.4 Å². The molecular formula is C22H29Br2Cl2N3O3S2.